The highest BCUT2D eigenvalue weighted by molar-refractivity contribution is 14.0. The van der Waals surface area contributed by atoms with Gasteiger partial charge in [0, 0.05) is 0 Å². The minimum absolute atomic E-state index is 0. The second-order valence-corrected chi connectivity index (χ2v) is 3.21. The lowest BCUT2D eigenvalue weighted by Gasteiger charge is -1.90. The Morgan fingerprint density at radius 3 is 2.00 bits per heavy atom. The van der Waals surface area contributed by atoms with E-state index >= 15 is 0 Å². The minimum atomic E-state index is -3.69. The van der Waals surface area contributed by atoms with Crippen LogP contribution >= 0.6 is 24.0 Å². The third-order valence-electron chi connectivity index (χ3n) is 0.756. The molecule has 0 atom stereocenters. The Bertz CT molecular complexity index is 140. The van der Waals surface area contributed by atoms with Gasteiger partial charge < -0.3 is 0 Å². The summed E-state index contributed by atoms with van der Waals surface area (Å²) in [6.07, 6.45) is 1.33. The maximum Gasteiger partial charge on any atom is 0.264 e. The molecule has 0 rings (SSSR count). The molecule has 0 bridgehead atoms. The highest BCUT2D eigenvalue weighted by atomic mass is 127. The van der Waals surface area contributed by atoms with Gasteiger partial charge in [-0.2, -0.15) is 8.42 Å². The molecule has 0 aliphatic rings. The summed E-state index contributed by atoms with van der Waals surface area (Å²) in [5, 5.41) is 0. The lowest BCUT2D eigenvalue weighted by molar-refractivity contribution is 0.480. The highest BCUT2D eigenvalue weighted by Crippen LogP contribution is 1.90. The summed E-state index contributed by atoms with van der Waals surface area (Å²) in [6, 6.07) is 0. The van der Waals surface area contributed by atoms with Crippen LogP contribution in [0.4, 0.5) is 0 Å². The van der Waals surface area contributed by atoms with Gasteiger partial charge in [-0.1, -0.05) is 13.3 Å². The Labute approximate surface area is 72.6 Å². The van der Waals surface area contributed by atoms with E-state index in [4.69, 9.17) is 4.55 Å². The van der Waals surface area contributed by atoms with E-state index in [1.807, 2.05) is 6.92 Å². The van der Waals surface area contributed by atoms with Crippen molar-refractivity contribution in [1.82, 2.24) is 0 Å². The first-order chi connectivity index (χ1) is 3.56. The van der Waals surface area contributed by atoms with E-state index in [9.17, 15) is 8.42 Å². The fourth-order valence-corrected chi connectivity index (χ4v) is 0.980. The zero-order valence-corrected chi connectivity index (χ0v) is 8.35. The first kappa shape index (κ1) is 12.3. The first-order valence-corrected chi connectivity index (χ1v) is 4.12. The van der Waals surface area contributed by atoms with Crippen LogP contribution < -0.4 is 0 Å². The third-order valence-corrected chi connectivity index (χ3v) is 1.56. The van der Waals surface area contributed by atoms with E-state index in [0.29, 0.717) is 6.42 Å². The summed E-state index contributed by atoms with van der Waals surface area (Å²) >= 11 is 0. The third kappa shape index (κ3) is 12.0. The van der Waals surface area contributed by atoms with Crippen LogP contribution in [0.1, 0.15) is 19.8 Å². The van der Waals surface area contributed by atoms with Crippen LogP contribution in [0, 0.1) is 0 Å². The predicted molar refractivity (Wildman–Crippen MR) is 46.7 cm³/mol. The number of hydrogen-bond acceptors (Lipinski definition) is 2. The molecule has 9 heavy (non-hydrogen) atoms. The predicted octanol–water partition coefficient (Wildman–Crippen LogP) is 1.29. The number of rotatable bonds is 3. The smallest absolute Gasteiger partial charge is 0.264 e. The van der Waals surface area contributed by atoms with Crippen LogP contribution in [0.15, 0.2) is 0 Å². The van der Waals surface area contributed by atoms with Crippen molar-refractivity contribution in [1.29, 1.82) is 0 Å². The Kier molecular flexibility index (Phi) is 7.43. The van der Waals surface area contributed by atoms with Gasteiger partial charge in [0.05, 0.1) is 5.75 Å². The molecule has 0 spiro atoms. The average molecular weight is 266 g/mol. The molecule has 5 heteroatoms. The largest absolute Gasteiger partial charge is 0.286 e. The molecule has 3 nitrogen and oxygen atoms in total. The topological polar surface area (TPSA) is 54.4 Å². The molecule has 1 N–H and O–H groups in total. The van der Waals surface area contributed by atoms with Crippen molar-refractivity contribution < 1.29 is 13.0 Å². The average Bonchev–Trinajstić information content (AvgIpc) is 1.59. The van der Waals surface area contributed by atoms with Crippen molar-refractivity contribution in [2.75, 3.05) is 5.75 Å². The van der Waals surface area contributed by atoms with Crippen molar-refractivity contribution in [3.8, 4) is 0 Å². The molecule has 0 fully saturated rings. The molecule has 0 aromatic carbocycles. The summed E-state index contributed by atoms with van der Waals surface area (Å²) in [5.74, 6) is -0.108. The van der Waals surface area contributed by atoms with Gasteiger partial charge >= 0.3 is 0 Å². The van der Waals surface area contributed by atoms with Crippen molar-refractivity contribution in [2.45, 2.75) is 19.8 Å². The van der Waals surface area contributed by atoms with Crippen LogP contribution in [0.5, 0.6) is 0 Å². The molecule has 0 radical (unpaired) electrons. The normalized spacial score (nSPS) is 10.4. The maximum atomic E-state index is 9.95. The fourth-order valence-electron chi connectivity index (χ4n) is 0.327. The summed E-state index contributed by atoms with van der Waals surface area (Å²) in [6.45, 7) is 1.87. The first-order valence-electron chi connectivity index (χ1n) is 2.51. The molecule has 0 unspecified atom stereocenters. The number of hydrogen-bond donors (Lipinski definition) is 1. The molecule has 0 saturated carbocycles. The molecule has 0 aliphatic carbocycles. The van der Waals surface area contributed by atoms with Crippen molar-refractivity contribution in [2.24, 2.45) is 0 Å². The van der Waals surface area contributed by atoms with Gasteiger partial charge in [-0.15, -0.1) is 24.0 Å². The van der Waals surface area contributed by atoms with Crippen LogP contribution in [-0.4, -0.2) is 18.7 Å². The second-order valence-electron chi connectivity index (χ2n) is 1.64. The van der Waals surface area contributed by atoms with E-state index in [2.05, 4.69) is 0 Å². The Morgan fingerprint density at radius 1 is 1.44 bits per heavy atom. The standard InChI is InChI=1S/C4H10O3S.HI/c1-2-3-4-8(5,6)7;/h2-4H2,1H3,(H,5,6,7);1H. The van der Waals surface area contributed by atoms with E-state index < -0.39 is 10.1 Å². The Balaban J connectivity index is 0. The van der Waals surface area contributed by atoms with Crippen molar-refractivity contribution in [3.05, 3.63) is 0 Å². The van der Waals surface area contributed by atoms with Gasteiger partial charge in [0.25, 0.3) is 10.1 Å². The Morgan fingerprint density at radius 2 is 1.89 bits per heavy atom. The Hall–Kier alpha value is 0.640. The van der Waals surface area contributed by atoms with Gasteiger partial charge in [-0.05, 0) is 6.42 Å². The van der Waals surface area contributed by atoms with E-state index in [1.54, 1.807) is 0 Å². The molecule has 58 valence electrons. The van der Waals surface area contributed by atoms with Gasteiger partial charge in [0.1, 0.15) is 0 Å². The molecular weight excluding hydrogens is 255 g/mol. The fraction of sp³-hybridized carbons (Fsp3) is 1.00. The lowest BCUT2D eigenvalue weighted by Crippen LogP contribution is -2.02. The van der Waals surface area contributed by atoms with Gasteiger partial charge in [0.15, 0.2) is 0 Å². The van der Waals surface area contributed by atoms with Crippen molar-refractivity contribution in [3.63, 3.8) is 0 Å². The lowest BCUT2D eigenvalue weighted by atomic mass is 10.4. The van der Waals surface area contributed by atoms with Crippen molar-refractivity contribution >= 4 is 34.1 Å². The summed E-state index contributed by atoms with van der Waals surface area (Å²) in [7, 11) is -3.69. The molecule has 0 amide bonds. The van der Waals surface area contributed by atoms with Crippen LogP contribution in [0.2, 0.25) is 0 Å². The molecule has 0 heterocycles. The van der Waals surface area contributed by atoms with Gasteiger partial charge in [-0.25, -0.2) is 0 Å². The van der Waals surface area contributed by atoms with Gasteiger partial charge in [-0.3, -0.25) is 4.55 Å². The quantitative estimate of drug-likeness (QED) is 0.618. The van der Waals surface area contributed by atoms with E-state index in [1.165, 1.54) is 0 Å². The van der Waals surface area contributed by atoms with Crippen LogP contribution in [0.25, 0.3) is 0 Å². The molecule has 0 aliphatic heterocycles. The monoisotopic (exact) mass is 266 g/mol. The van der Waals surface area contributed by atoms with E-state index in [-0.39, 0.29) is 29.7 Å². The maximum absolute atomic E-state index is 9.95. The van der Waals surface area contributed by atoms with Gasteiger partial charge in [0.2, 0.25) is 0 Å². The summed E-state index contributed by atoms with van der Waals surface area (Å²) in [5.41, 5.74) is 0. The highest BCUT2D eigenvalue weighted by Gasteiger charge is 2.00. The molecule has 0 saturated heterocycles. The SMILES string of the molecule is CCCCS(=O)(=O)O.I. The number of unbranched alkanes of at least 4 members (excludes halogenated alkanes) is 1. The number of halogens is 1. The molecular formula is C4H11IO3S. The molecule has 0 aromatic heterocycles. The minimum Gasteiger partial charge on any atom is -0.286 e. The summed E-state index contributed by atoms with van der Waals surface area (Å²) < 4.78 is 28.0. The van der Waals surface area contributed by atoms with Crippen LogP contribution in [0.3, 0.4) is 0 Å². The molecule has 0 aromatic rings. The second kappa shape index (κ2) is 5.43. The van der Waals surface area contributed by atoms with E-state index in [0.717, 1.165) is 6.42 Å². The zero-order chi connectivity index (χ0) is 6.62. The summed E-state index contributed by atoms with van der Waals surface area (Å²) in [4.78, 5) is 0. The van der Waals surface area contributed by atoms with Crippen LogP contribution in [-0.2, 0) is 10.1 Å². The zero-order valence-electron chi connectivity index (χ0n) is 5.20.